The molecule has 0 unspecified atom stereocenters. The second-order valence-electron chi connectivity index (χ2n) is 6.26. The first kappa shape index (κ1) is 13.3. The predicted octanol–water partition coefficient (Wildman–Crippen LogP) is 1.78. The summed E-state index contributed by atoms with van der Waals surface area (Å²) in [6.45, 7) is 9.06. The summed E-state index contributed by atoms with van der Waals surface area (Å²) in [5, 5.41) is 7.08. The van der Waals surface area contributed by atoms with Gasteiger partial charge in [0.05, 0.1) is 5.60 Å². The highest BCUT2D eigenvalue weighted by molar-refractivity contribution is 4.98. The van der Waals surface area contributed by atoms with Crippen molar-refractivity contribution in [3.05, 3.63) is 0 Å². The van der Waals surface area contributed by atoms with E-state index < -0.39 is 0 Å². The third kappa shape index (κ3) is 3.01. The van der Waals surface area contributed by atoms with E-state index in [1.165, 1.54) is 19.4 Å². The number of nitrogens with one attached hydrogen (secondary N) is 2. The fourth-order valence-electron chi connectivity index (χ4n) is 2.99. The van der Waals surface area contributed by atoms with Gasteiger partial charge in [0, 0.05) is 20.2 Å². The summed E-state index contributed by atoms with van der Waals surface area (Å²) < 4.78 is 5.77. The summed E-state index contributed by atoms with van der Waals surface area (Å²) >= 11 is 0. The number of methoxy groups -OCH3 is 1. The van der Waals surface area contributed by atoms with Crippen LogP contribution in [-0.2, 0) is 4.74 Å². The van der Waals surface area contributed by atoms with E-state index in [1.54, 1.807) is 0 Å². The summed E-state index contributed by atoms with van der Waals surface area (Å²) in [5.41, 5.74) is 0.681. The lowest BCUT2D eigenvalue weighted by Gasteiger charge is -2.37. The molecule has 1 heterocycles. The maximum atomic E-state index is 5.77. The number of ether oxygens (including phenoxy) is 1. The van der Waals surface area contributed by atoms with Gasteiger partial charge in [-0.05, 0) is 50.1 Å². The van der Waals surface area contributed by atoms with Crippen LogP contribution in [0.25, 0.3) is 0 Å². The third-order valence-corrected chi connectivity index (χ3v) is 4.99. The van der Waals surface area contributed by atoms with Crippen molar-refractivity contribution in [1.82, 2.24) is 10.6 Å². The fraction of sp³-hybridized carbons (Fsp3) is 1.00. The van der Waals surface area contributed by atoms with E-state index in [9.17, 15) is 0 Å². The molecule has 3 nitrogen and oxygen atoms in total. The van der Waals surface area contributed by atoms with Gasteiger partial charge in [-0.1, -0.05) is 13.8 Å². The summed E-state index contributed by atoms with van der Waals surface area (Å²) in [6, 6.07) is 0. The maximum Gasteiger partial charge on any atom is 0.0826 e. The SMILES string of the molecule is COC1(CNCC2(C(C)C)CC2)CCNCC1. The molecule has 2 N–H and O–H groups in total. The van der Waals surface area contributed by atoms with Crippen LogP contribution < -0.4 is 10.6 Å². The molecule has 0 aromatic rings. The van der Waals surface area contributed by atoms with E-state index in [0.717, 1.165) is 38.4 Å². The van der Waals surface area contributed by atoms with Crippen LogP contribution in [0.1, 0.15) is 39.5 Å². The van der Waals surface area contributed by atoms with Gasteiger partial charge in [-0.15, -0.1) is 0 Å². The van der Waals surface area contributed by atoms with Crippen LogP contribution in [0.3, 0.4) is 0 Å². The number of hydrogen-bond donors (Lipinski definition) is 2. The molecule has 2 aliphatic rings. The monoisotopic (exact) mass is 240 g/mol. The van der Waals surface area contributed by atoms with Crippen LogP contribution in [0.5, 0.6) is 0 Å². The molecule has 0 aromatic heterocycles. The average molecular weight is 240 g/mol. The van der Waals surface area contributed by atoms with E-state index in [0.29, 0.717) is 5.41 Å². The zero-order valence-corrected chi connectivity index (χ0v) is 11.6. The van der Waals surface area contributed by atoms with Gasteiger partial charge in [-0.2, -0.15) is 0 Å². The van der Waals surface area contributed by atoms with Gasteiger partial charge < -0.3 is 15.4 Å². The van der Waals surface area contributed by atoms with Crippen molar-refractivity contribution >= 4 is 0 Å². The van der Waals surface area contributed by atoms with Crippen molar-refractivity contribution in [1.29, 1.82) is 0 Å². The van der Waals surface area contributed by atoms with Crippen molar-refractivity contribution in [3.63, 3.8) is 0 Å². The van der Waals surface area contributed by atoms with E-state index in [-0.39, 0.29) is 5.60 Å². The Labute approximate surface area is 106 Å². The van der Waals surface area contributed by atoms with Gasteiger partial charge in [-0.3, -0.25) is 0 Å². The Bertz CT molecular complexity index is 243. The molecule has 1 aliphatic heterocycles. The minimum atomic E-state index is 0.0817. The molecule has 0 atom stereocenters. The number of piperidine rings is 1. The topological polar surface area (TPSA) is 33.3 Å². The summed E-state index contributed by atoms with van der Waals surface area (Å²) in [6.07, 6.45) is 5.06. The molecule has 1 saturated carbocycles. The molecular weight excluding hydrogens is 212 g/mol. The van der Waals surface area contributed by atoms with Gasteiger partial charge in [0.25, 0.3) is 0 Å². The molecule has 2 rings (SSSR count). The highest BCUT2D eigenvalue weighted by atomic mass is 16.5. The molecule has 3 heteroatoms. The normalized spacial score (nSPS) is 26.1. The van der Waals surface area contributed by atoms with Gasteiger partial charge in [0.1, 0.15) is 0 Å². The van der Waals surface area contributed by atoms with E-state index in [4.69, 9.17) is 4.74 Å². The first-order chi connectivity index (χ1) is 8.13. The predicted molar refractivity (Wildman–Crippen MR) is 71.2 cm³/mol. The van der Waals surface area contributed by atoms with Gasteiger partial charge >= 0.3 is 0 Å². The lowest BCUT2D eigenvalue weighted by molar-refractivity contribution is -0.0333. The Balaban J connectivity index is 1.76. The van der Waals surface area contributed by atoms with Crippen molar-refractivity contribution in [3.8, 4) is 0 Å². The Hall–Kier alpha value is -0.120. The molecule has 0 amide bonds. The molecule has 100 valence electrons. The third-order valence-electron chi connectivity index (χ3n) is 4.99. The largest absolute Gasteiger partial charge is 0.377 e. The molecule has 0 bridgehead atoms. The molecule has 2 fully saturated rings. The fourth-order valence-corrected chi connectivity index (χ4v) is 2.99. The molecule has 1 aliphatic carbocycles. The quantitative estimate of drug-likeness (QED) is 0.742. The Morgan fingerprint density at radius 3 is 2.24 bits per heavy atom. The summed E-state index contributed by atoms with van der Waals surface area (Å²) in [5.74, 6) is 0.807. The summed E-state index contributed by atoms with van der Waals surface area (Å²) in [4.78, 5) is 0. The standard InChI is InChI=1S/C14H28N2O/c1-12(2)13(4-5-13)10-16-11-14(17-3)6-8-15-9-7-14/h12,15-16H,4-11H2,1-3H3. The molecule has 1 saturated heterocycles. The van der Waals surface area contributed by atoms with Crippen LogP contribution in [0.15, 0.2) is 0 Å². The van der Waals surface area contributed by atoms with E-state index in [1.807, 2.05) is 7.11 Å². The molecule has 17 heavy (non-hydrogen) atoms. The Morgan fingerprint density at radius 1 is 1.12 bits per heavy atom. The molecule has 0 aromatic carbocycles. The zero-order chi connectivity index (χ0) is 12.4. The minimum absolute atomic E-state index is 0.0817. The first-order valence-electron chi connectivity index (χ1n) is 7.09. The zero-order valence-electron chi connectivity index (χ0n) is 11.6. The van der Waals surface area contributed by atoms with E-state index in [2.05, 4.69) is 24.5 Å². The van der Waals surface area contributed by atoms with Gasteiger partial charge in [0.2, 0.25) is 0 Å². The van der Waals surface area contributed by atoms with Crippen LogP contribution in [0.2, 0.25) is 0 Å². The second kappa shape index (κ2) is 5.25. The van der Waals surface area contributed by atoms with Crippen molar-refractivity contribution in [2.24, 2.45) is 11.3 Å². The maximum absolute atomic E-state index is 5.77. The lowest BCUT2D eigenvalue weighted by atomic mass is 9.90. The van der Waals surface area contributed by atoms with E-state index >= 15 is 0 Å². The number of hydrogen-bond acceptors (Lipinski definition) is 3. The highest BCUT2D eigenvalue weighted by Crippen LogP contribution is 2.51. The minimum Gasteiger partial charge on any atom is -0.377 e. The average Bonchev–Trinajstić information content (AvgIpc) is 3.11. The molecule has 0 radical (unpaired) electrons. The van der Waals surface area contributed by atoms with Crippen molar-refractivity contribution < 1.29 is 4.74 Å². The Kier molecular flexibility index (Phi) is 4.11. The van der Waals surface area contributed by atoms with Crippen LogP contribution in [-0.4, -0.2) is 38.9 Å². The van der Waals surface area contributed by atoms with Crippen LogP contribution in [0, 0.1) is 11.3 Å². The van der Waals surface area contributed by atoms with Crippen molar-refractivity contribution in [2.45, 2.75) is 45.1 Å². The lowest BCUT2D eigenvalue weighted by Crippen LogP contribution is -2.50. The van der Waals surface area contributed by atoms with Crippen LogP contribution >= 0.6 is 0 Å². The first-order valence-corrected chi connectivity index (χ1v) is 7.09. The summed E-state index contributed by atoms with van der Waals surface area (Å²) in [7, 11) is 1.86. The van der Waals surface area contributed by atoms with Crippen molar-refractivity contribution in [2.75, 3.05) is 33.3 Å². The molecule has 0 spiro atoms. The van der Waals surface area contributed by atoms with Gasteiger partial charge in [0.15, 0.2) is 0 Å². The van der Waals surface area contributed by atoms with Gasteiger partial charge in [-0.25, -0.2) is 0 Å². The van der Waals surface area contributed by atoms with Crippen LogP contribution in [0.4, 0.5) is 0 Å². The highest BCUT2D eigenvalue weighted by Gasteiger charge is 2.45. The second-order valence-corrected chi connectivity index (χ2v) is 6.26. The number of rotatable bonds is 6. The smallest absolute Gasteiger partial charge is 0.0826 e. The molecular formula is C14H28N2O. The Morgan fingerprint density at radius 2 is 1.76 bits per heavy atom.